The van der Waals surface area contributed by atoms with Crippen LogP contribution in [-0.2, 0) is 5.54 Å². The summed E-state index contributed by atoms with van der Waals surface area (Å²) in [7, 11) is 0. The van der Waals surface area contributed by atoms with Crippen LogP contribution >= 0.6 is 0 Å². The number of hydrogen-bond acceptors (Lipinski definition) is 4. The van der Waals surface area contributed by atoms with Crippen molar-refractivity contribution in [3.8, 4) is 0 Å². The SMILES string of the molecule is CC(C)(C)n1cc([N+](=O)[O-])nn1. The van der Waals surface area contributed by atoms with Crippen molar-refractivity contribution >= 4 is 5.82 Å². The molecule has 0 saturated heterocycles. The predicted molar refractivity (Wildman–Crippen MR) is 41.7 cm³/mol. The molecular formula is C6H10N4O2. The molecule has 0 atom stereocenters. The molecule has 1 aromatic rings. The summed E-state index contributed by atoms with van der Waals surface area (Å²) < 4.78 is 1.46. The molecule has 6 heteroatoms. The van der Waals surface area contributed by atoms with E-state index in [0.29, 0.717) is 0 Å². The number of nitrogens with zero attached hydrogens (tertiary/aromatic N) is 4. The summed E-state index contributed by atoms with van der Waals surface area (Å²) in [6.07, 6.45) is 1.32. The van der Waals surface area contributed by atoms with Crippen molar-refractivity contribution in [2.75, 3.05) is 0 Å². The third kappa shape index (κ3) is 1.58. The summed E-state index contributed by atoms with van der Waals surface area (Å²) in [4.78, 5) is 9.67. The molecule has 0 saturated carbocycles. The van der Waals surface area contributed by atoms with Gasteiger partial charge in [-0.25, -0.2) is 4.68 Å². The van der Waals surface area contributed by atoms with E-state index in [0.717, 1.165) is 0 Å². The first-order valence-electron chi connectivity index (χ1n) is 3.48. The number of aromatic nitrogens is 3. The molecule has 6 nitrogen and oxygen atoms in total. The Morgan fingerprint density at radius 3 is 2.42 bits per heavy atom. The molecule has 1 heterocycles. The Kier molecular flexibility index (Phi) is 1.83. The third-order valence-corrected chi connectivity index (χ3v) is 1.36. The first-order valence-corrected chi connectivity index (χ1v) is 3.48. The summed E-state index contributed by atoms with van der Waals surface area (Å²) in [5.74, 6) is -0.218. The van der Waals surface area contributed by atoms with E-state index in [-0.39, 0.29) is 11.4 Å². The largest absolute Gasteiger partial charge is 0.410 e. The van der Waals surface area contributed by atoms with Crippen molar-refractivity contribution in [3.05, 3.63) is 16.3 Å². The lowest BCUT2D eigenvalue weighted by atomic mass is 10.1. The zero-order valence-corrected chi connectivity index (χ0v) is 7.18. The second kappa shape index (κ2) is 2.54. The quantitative estimate of drug-likeness (QED) is 0.464. The van der Waals surface area contributed by atoms with Crippen LogP contribution in [-0.4, -0.2) is 19.9 Å². The van der Waals surface area contributed by atoms with Gasteiger partial charge in [-0.15, -0.1) is 0 Å². The van der Waals surface area contributed by atoms with Crippen LogP contribution in [0, 0.1) is 10.1 Å². The monoisotopic (exact) mass is 170 g/mol. The lowest BCUT2D eigenvalue weighted by molar-refractivity contribution is -0.389. The summed E-state index contributed by atoms with van der Waals surface area (Å²) in [6.45, 7) is 5.68. The van der Waals surface area contributed by atoms with Crippen LogP contribution in [0.2, 0.25) is 0 Å². The van der Waals surface area contributed by atoms with Gasteiger partial charge in [-0.3, -0.25) is 0 Å². The van der Waals surface area contributed by atoms with Gasteiger partial charge in [-0.05, 0) is 25.7 Å². The van der Waals surface area contributed by atoms with Crippen LogP contribution in [0.3, 0.4) is 0 Å². The van der Waals surface area contributed by atoms with E-state index in [1.165, 1.54) is 10.9 Å². The molecule has 0 fully saturated rings. The highest BCUT2D eigenvalue weighted by molar-refractivity contribution is 5.09. The zero-order chi connectivity index (χ0) is 9.35. The average molecular weight is 170 g/mol. The summed E-state index contributed by atoms with van der Waals surface area (Å²) in [5, 5.41) is 17.3. The first-order chi connectivity index (χ1) is 5.41. The molecule has 0 aromatic carbocycles. The molecule has 0 N–H and O–H groups in total. The second-order valence-corrected chi connectivity index (χ2v) is 3.45. The Hall–Kier alpha value is -1.46. The maximum atomic E-state index is 10.2. The molecule has 0 amide bonds. The normalized spacial score (nSPS) is 11.6. The lowest BCUT2D eigenvalue weighted by Crippen LogP contribution is -2.22. The summed E-state index contributed by atoms with van der Waals surface area (Å²) in [5.41, 5.74) is -0.263. The Bertz CT molecular complexity index is 299. The molecule has 0 radical (unpaired) electrons. The molecule has 66 valence electrons. The minimum absolute atomic E-state index is 0.218. The van der Waals surface area contributed by atoms with Crippen LogP contribution in [0.25, 0.3) is 0 Å². The van der Waals surface area contributed by atoms with E-state index < -0.39 is 4.92 Å². The molecule has 0 spiro atoms. The van der Waals surface area contributed by atoms with Gasteiger partial charge in [0.1, 0.15) is 11.3 Å². The van der Waals surface area contributed by atoms with Crippen LogP contribution in [0.1, 0.15) is 20.8 Å². The number of hydrogen-bond donors (Lipinski definition) is 0. The highest BCUT2D eigenvalue weighted by Crippen LogP contribution is 2.14. The van der Waals surface area contributed by atoms with Gasteiger partial charge in [0.05, 0.1) is 10.8 Å². The van der Waals surface area contributed by atoms with E-state index in [9.17, 15) is 10.1 Å². The maximum Gasteiger partial charge on any atom is 0.410 e. The summed E-state index contributed by atoms with van der Waals surface area (Å²) >= 11 is 0. The molecule has 1 rings (SSSR count). The van der Waals surface area contributed by atoms with E-state index in [1.54, 1.807) is 0 Å². The van der Waals surface area contributed by atoms with Crippen LogP contribution in [0.5, 0.6) is 0 Å². The van der Waals surface area contributed by atoms with Crippen LogP contribution in [0.4, 0.5) is 5.82 Å². The Morgan fingerprint density at radius 1 is 1.58 bits per heavy atom. The summed E-state index contributed by atoms with van der Waals surface area (Å²) in [6, 6.07) is 0. The topological polar surface area (TPSA) is 73.8 Å². The highest BCUT2D eigenvalue weighted by atomic mass is 16.6. The Labute approximate surface area is 69.3 Å². The van der Waals surface area contributed by atoms with Crippen molar-refractivity contribution in [3.63, 3.8) is 0 Å². The molecule has 12 heavy (non-hydrogen) atoms. The van der Waals surface area contributed by atoms with Gasteiger partial charge in [0.15, 0.2) is 0 Å². The Morgan fingerprint density at radius 2 is 2.17 bits per heavy atom. The van der Waals surface area contributed by atoms with Gasteiger partial charge >= 0.3 is 5.82 Å². The van der Waals surface area contributed by atoms with Gasteiger partial charge in [0.2, 0.25) is 0 Å². The molecule has 0 aliphatic rings. The lowest BCUT2D eigenvalue weighted by Gasteiger charge is -2.15. The van der Waals surface area contributed by atoms with Gasteiger partial charge < -0.3 is 10.1 Å². The van der Waals surface area contributed by atoms with E-state index in [4.69, 9.17) is 0 Å². The molecular weight excluding hydrogens is 160 g/mol. The van der Waals surface area contributed by atoms with Crippen molar-refractivity contribution in [2.24, 2.45) is 0 Å². The third-order valence-electron chi connectivity index (χ3n) is 1.36. The number of nitro groups is 1. The van der Waals surface area contributed by atoms with Crippen molar-refractivity contribution in [2.45, 2.75) is 26.3 Å². The average Bonchev–Trinajstić information content (AvgIpc) is 2.30. The number of rotatable bonds is 1. The fraction of sp³-hybridized carbons (Fsp3) is 0.667. The van der Waals surface area contributed by atoms with Gasteiger partial charge in [0.25, 0.3) is 0 Å². The molecule has 0 unspecified atom stereocenters. The minimum atomic E-state index is -0.560. The highest BCUT2D eigenvalue weighted by Gasteiger charge is 2.20. The van der Waals surface area contributed by atoms with E-state index in [2.05, 4.69) is 10.3 Å². The van der Waals surface area contributed by atoms with Gasteiger partial charge in [0, 0.05) is 0 Å². The minimum Gasteiger partial charge on any atom is -0.358 e. The smallest absolute Gasteiger partial charge is 0.358 e. The van der Waals surface area contributed by atoms with Gasteiger partial charge in [-0.1, -0.05) is 0 Å². The van der Waals surface area contributed by atoms with E-state index in [1.807, 2.05) is 20.8 Å². The second-order valence-electron chi connectivity index (χ2n) is 3.45. The Balaban J connectivity index is 3.00. The first kappa shape index (κ1) is 8.63. The fourth-order valence-electron chi connectivity index (χ4n) is 0.666. The molecule has 0 aliphatic heterocycles. The maximum absolute atomic E-state index is 10.2. The van der Waals surface area contributed by atoms with Gasteiger partial charge in [-0.2, -0.15) is 0 Å². The van der Waals surface area contributed by atoms with Crippen LogP contribution < -0.4 is 0 Å². The van der Waals surface area contributed by atoms with Crippen molar-refractivity contribution in [1.29, 1.82) is 0 Å². The van der Waals surface area contributed by atoms with Crippen molar-refractivity contribution in [1.82, 2.24) is 15.0 Å². The predicted octanol–water partition coefficient (Wildman–Crippen LogP) is 0.941. The molecule has 1 aromatic heterocycles. The molecule has 0 aliphatic carbocycles. The van der Waals surface area contributed by atoms with Crippen LogP contribution in [0.15, 0.2) is 6.20 Å². The molecule has 0 bridgehead atoms. The fourth-order valence-corrected chi connectivity index (χ4v) is 0.666. The van der Waals surface area contributed by atoms with E-state index >= 15 is 0 Å². The standard InChI is InChI=1S/C6H10N4O2/c1-6(2,3)9-4-5(7-8-9)10(11)12/h4H,1-3H3. The zero-order valence-electron chi connectivity index (χ0n) is 7.18. The van der Waals surface area contributed by atoms with Crippen molar-refractivity contribution < 1.29 is 4.92 Å².